The van der Waals surface area contributed by atoms with E-state index in [2.05, 4.69) is 0 Å². The first kappa shape index (κ1) is 17.7. The number of anilines is 1. The monoisotopic (exact) mass is 324 g/mol. The Kier molecular flexibility index (Phi) is 5.39. The minimum Gasteiger partial charge on any atom is -0.341 e. The summed E-state index contributed by atoms with van der Waals surface area (Å²) < 4.78 is 0. The average Bonchev–Trinajstić information content (AvgIpc) is 2.61. The molecule has 0 unspecified atom stereocenters. The highest BCUT2D eigenvalue weighted by Gasteiger charge is 2.40. The van der Waals surface area contributed by atoms with Crippen molar-refractivity contribution in [2.24, 2.45) is 5.41 Å². The number of hydrogen-bond donors (Lipinski definition) is 0. The summed E-state index contributed by atoms with van der Waals surface area (Å²) in [6, 6.07) is 19.1. The molecule has 2 amide bonds. The van der Waals surface area contributed by atoms with Crippen LogP contribution in [-0.2, 0) is 16.1 Å². The molecule has 0 bridgehead atoms. The van der Waals surface area contributed by atoms with Crippen LogP contribution in [0.5, 0.6) is 0 Å². The van der Waals surface area contributed by atoms with Gasteiger partial charge in [0.2, 0.25) is 11.8 Å². The predicted molar refractivity (Wildman–Crippen MR) is 96.5 cm³/mol. The molecule has 0 aliphatic carbocycles. The van der Waals surface area contributed by atoms with E-state index in [-0.39, 0.29) is 11.8 Å². The third-order valence-corrected chi connectivity index (χ3v) is 4.13. The van der Waals surface area contributed by atoms with E-state index in [4.69, 9.17) is 0 Å². The summed E-state index contributed by atoms with van der Waals surface area (Å²) in [4.78, 5) is 28.8. The number of benzene rings is 2. The minimum atomic E-state index is -1.13. The molecule has 0 atom stereocenters. The van der Waals surface area contributed by atoms with Gasteiger partial charge in [-0.15, -0.1) is 0 Å². The summed E-state index contributed by atoms with van der Waals surface area (Å²) in [6.07, 6.45) is 0. The molecule has 0 saturated carbocycles. The molecule has 0 saturated heterocycles. The van der Waals surface area contributed by atoms with E-state index >= 15 is 0 Å². The van der Waals surface area contributed by atoms with Crippen molar-refractivity contribution >= 4 is 17.5 Å². The van der Waals surface area contributed by atoms with Crippen molar-refractivity contribution in [3.63, 3.8) is 0 Å². The van der Waals surface area contributed by atoms with Gasteiger partial charge < -0.3 is 9.80 Å². The third-order valence-electron chi connectivity index (χ3n) is 4.13. The standard InChI is InChI=1S/C20H24N2O2/c1-20(2,19(24)22(4)17-13-9-6-10-14-17)18(23)21(3)15-16-11-7-5-8-12-16/h5-14H,15H2,1-4H3. The number of amides is 2. The Morgan fingerprint density at radius 3 is 1.88 bits per heavy atom. The molecule has 2 aromatic rings. The van der Waals surface area contributed by atoms with E-state index in [1.165, 1.54) is 4.90 Å². The summed E-state index contributed by atoms with van der Waals surface area (Å²) in [5.74, 6) is -0.419. The molecule has 0 aliphatic rings. The summed E-state index contributed by atoms with van der Waals surface area (Å²) in [5.41, 5.74) is 0.677. The van der Waals surface area contributed by atoms with E-state index in [1.54, 1.807) is 32.8 Å². The third kappa shape index (κ3) is 3.82. The zero-order chi connectivity index (χ0) is 17.7. The van der Waals surface area contributed by atoms with E-state index in [0.717, 1.165) is 11.3 Å². The SMILES string of the molecule is CN(Cc1ccccc1)C(=O)C(C)(C)C(=O)N(C)c1ccccc1. The van der Waals surface area contributed by atoms with Crippen LogP contribution < -0.4 is 4.90 Å². The van der Waals surface area contributed by atoms with E-state index < -0.39 is 5.41 Å². The fourth-order valence-electron chi connectivity index (χ4n) is 2.69. The largest absolute Gasteiger partial charge is 0.341 e. The summed E-state index contributed by atoms with van der Waals surface area (Å²) in [5, 5.41) is 0. The van der Waals surface area contributed by atoms with Crippen molar-refractivity contribution in [2.45, 2.75) is 20.4 Å². The maximum absolute atomic E-state index is 12.8. The van der Waals surface area contributed by atoms with Gasteiger partial charge in [0.05, 0.1) is 0 Å². The molecule has 0 spiro atoms. The van der Waals surface area contributed by atoms with Crippen molar-refractivity contribution in [1.29, 1.82) is 0 Å². The van der Waals surface area contributed by atoms with Gasteiger partial charge >= 0.3 is 0 Å². The first-order valence-electron chi connectivity index (χ1n) is 7.96. The van der Waals surface area contributed by atoms with Gasteiger partial charge in [-0.1, -0.05) is 48.5 Å². The highest BCUT2D eigenvalue weighted by molar-refractivity contribution is 6.10. The zero-order valence-electron chi connectivity index (χ0n) is 14.7. The Labute approximate surface area is 143 Å². The molecule has 0 heterocycles. The lowest BCUT2D eigenvalue weighted by molar-refractivity contribution is -0.146. The van der Waals surface area contributed by atoms with Crippen LogP contribution in [0.15, 0.2) is 60.7 Å². The Morgan fingerprint density at radius 1 is 0.833 bits per heavy atom. The first-order valence-corrected chi connectivity index (χ1v) is 7.96. The quantitative estimate of drug-likeness (QED) is 0.792. The van der Waals surface area contributed by atoms with Crippen LogP contribution in [0.4, 0.5) is 5.69 Å². The van der Waals surface area contributed by atoms with Gasteiger partial charge in [-0.25, -0.2) is 0 Å². The minimum absolute atomic E-state index is 0.195. The molecule has 2 rings (SSSR count). The molecule has 0 aliphatic heterocycles. The lowest BCUT2D eigenvalue weighted by Crippen LogP contribution is -2.48. The number of carbonyl (C=O) groups is 2. The van der Waals surface area contributed by atoms with Gasteiger partial charge in [-0.3, -0.25) is 9.59 Å². The summed E-state index contributed by atoms with van der Waals surface area (Å²) in [6.45, 7) is 3.84. The second-order valence-corrected chi connectivity index (χ2v) is 6.47. The number of carbonyl (C=O) groups excluding carboxylic acids is 2. The average molecular weight is 324 g/mol. The molecular weight excluding hydrogens is 300 g/mol. The van der Waals surface area contributed by atoms with E-state index in [9.17, 15) is 9.59 Å². The van der Waals surface area contributed by atoms with Crippen molar-refractivity contribution < 1.29 is 9.59 Å². The molecule has 4 nitrogen and oxygen atoms in total. The maximum Gasteiger partial charge on any atom is 0.241 e. The summed E-state index contributed by atoms with van der Waals surface area (Å²) in [7, 11) is 3.43. The van der Waals surface area contributed by atoms with Crippen LogP contribution >= 0.6 is 0 Å². The highest BCUT2D eigenvalue weighted by atomic mass is 16.2. The van der Waals surface area contributed by atoms with Gasteiger partial charge in [-0.05, 0) is 31.5 Å². The van der Waals surface area contributed by atoms with Gasteiger partial charge in [-0.2, -0.15) is 0 Å². The number of hydrogen-bond acceptors (Lipinski definition) is 2. The normalized spacial score (nSPS) is 11.0. The van der Waals surface area contributed by atoms with E-state index in [0.29, 0.717) is 6.54 Å². The van der Waals surface area contributed by atoms with Crippen LogP contribution in [0.25, 0.3) is 0 Å². The van der Waals surface area contributed by atoms with Crippen LogP contribution in [-0.4, -0.2) is 30.8 Å². The second kappa shape index (κ2) is 7.30. The van der Waals surface area contributed by atoms with Crippen LogP contribution in [0.1, 0.15) is 19.4 Å². The lowest BCUT2D eigenvalue weighted by Gasteiger charge is -2.32. The van der Waals surface area contributed by atoms with Crippen LogP contribution in [0.2, 0.25) is 0 Å². The Morgan fingerprint density at radius 2 is 1.33 bits per heavy atom. The summed E-state index contributed by atoms with van der Waals surface area (Å²) >= 11 is 0. The number of rotatable bonds is 5. The van der Waals surface area contributed by atoms with E-state index in [1.807, 2.05) is 60.7 Å². The highest BCUT2D eigenvalue weighted by Crippen LogP contribution is 2.25. The molecule has 0 aromatic heterocycles. The smallest absolute Gasteiger partial charge is 0.241 e. The second-order valence-electron chi connectivity index (χ2n) is 6.47. The fourth-order valence-corrected chi connectivity index (χ4v) is 2.69. The van der Waals surface area contributed by atoms with Crippen molar-refractivity contribution in [2.75, 3.05) is 19.0 Å². The van der Waals surface area contributed by atoms with Gasteiger partial charge in [0.15, 0.2) is 0 Å². The number of nitrogens with zero attached hydrogens (tertiary/aromatic N) is 2. The Bertz CT molecular complexity index is 696. The molecule has 126 valence electrons. The topological polar surface area (TPSA) is 40.6 Å². The first-order chi connectivity index (χ1) is 11.3. The number of para-hydroxylation sites is 1. The molecule has 2 aromatic carbocycles. The van der Waals surface area contributed by atoms with Crippen molar-refractivity contribution in [1.82, 2.24) is 4.90 Å². The molecule has 0 N–H and O–H groups in total. The van der Waals surface area contributed by atoms with Crippen LogP contribution in [0.3, 0.4) is 0 Å². The fraction of sp³-hybridized carbons (Fsp3) is 0.300. The molecule has 0 radical (unpaired) electrons. The predicted octanol–water partition coefficient (Wildman–Crippen LogP) is 3.33. The molecule has 4 heteroatoms. The Balaban J connectivity index is 2.12. The molecule has 0 fully saturated rings. The van der Waals surface area contributed by atoms with Gasteiger partial charge in [0.1, 0.15) is 5.41 Å². The van der Waals surface area contributed by atoms with Gasteiger partial charge in [0, 0.05) is 26.3 Å². The van der Waals surface area contributed by atoms with Crippen molar-refractivity contribution in [3.05, 3.63) is 66.2 Å². The molecular formula is C20H24N2O2. The maximum atomic E-state index is 12.8. The lowest BCUT2D eigenvalue weighted by atomic mass is 9.89. The van der Waals surface area contributed by atoms with Gasteiger partial charge in [0.25, 0.3) is 0 Å². The molecule has 24 heavy (non-hydrogen) atoms. The zero-order valence-corrected chi connectivity index (χ0v) is 14.7. The van der Waals surface area contributed by atoms with Crippen molar-refractivity contribution in [3.8, 4) is 0 Å². The van der Waals surface area contributed by atoms with Crippen LogP contribution in [0, 0.1) is 5.41 Å². The Hall–Kier alpha value is -2.62.